The molecular formula is C17H18FN3O2. The average Bonchev–Trinajstić information content (AvgIpc) is 2.56. The summed E-state index contributed by atoms with van der Waals surface area (Å²) in [5, 5.41) is 2.49. The lowest BCUT2D eigenvalue weighted by atomic mass is 10.1. The standard InChI is InChI=1S/C17H18FN3O2/c1-11(2)16(22)20-15-9-12(6-7-14(15)18)17(23)21(3)13-5-4-8-19-10-13/h4-11H,1-3H3,(H,20,22). The van der Waals surface area contributed by atoms with E-state index in [-0.39, 0.29) is 29.0 Å². The topological polar surface area (TPSA) is 62.3 Å². The molecule has 0 radical (unpaired) electrons. The van der Waals surface area contributed by atoms with Crippen molar-refractivity contribution < 1.29 is 14.0 Å². The van der Waals surface area contributed by atoms with E-state index < -0.39 is 5.82 Å². The molecule has 1 N–H and O–H groups in total. The number of carbonyl (C=O) groups excluding carboxylic acids is 2. The molecule has 0 fully saturated rings. The maximum atomic E-state index is 13.8. The number of hydrogen-bond acceptors (Lipinski definition) is 3. The molecule has 0 saturated carbocycles. The van der Waals surface area contributed by atoms with Gasteiger partial charge in [-0.3, -0.25) is 14.6 Å². The Labute approximate surface area is 134 Å². The number of nitrogens with one attached hydrogen (secondary N) is 1. The van der Waals surface area contributed by atoms with Gasteiger partial charge in [0.2, 0.25) is 5.91 Å². The summed E-state index contributed by atoms with van der Waals surface area (Å²) in [6.07, 6.45) is 3.17. The van der Waals surface area contributed by atoms with Crippen molar-refractivity contribution in [2.75, 3.05) is 17.3 Å². The molecule has 23 heavy (non-hydrogen) atoms. The average molecular weight is 315 g/mol. The zero-order valence-electron chi connectivity index (χ0n) is 13.2. The minimum Gasteiger partial charge on any atom is -0.323 e. The number of halogens is 1. The SMILES string of the molecule is CC(C)C(=O)Nc1cc(C(=O)N(C)c2cccnc2)ccc1F. The maximum Gasteiger partial charge on any atom is 0.258 e. The van der Waals surface area contributed by atoms with Gasteiger partial charge < -0.3 is 10.2 Å². The number of hydrogen-bond donors (Lipinski definition) is 1. The number of amides is 2. The Morgan fingerprint density at radius 1 is 1.26 bits per heavy atom. The van der Waals surface area contributed by atoms with Crippen molar-refractivity contribution in [3.8, 4) is 0 Å². The number of anilines is 2. The van der Waals surface area contributed by atoms with Crippen LogP contribution in [0.25, 0.3) is 0 Å². The molecular weight excluding hydrogens is 297 g/mol. The Kier molecular flexibility index (Phi) is 5.05. The van der Waals surface area contributed by atoms with Crippen LogP contribution in [0.4, 0.5) is 15.8 Å². The van der Waals surface area contributed by atoms with Gasteiger partial charge in [-0.25, -0.2) is 4.39 Å². The van der Waals surface area contributed by atoms with E-state index in [1.54, 1.807) is 45.4 Å². The Morgan fingerprint density at radius 3 is 2.61 bits per heavy atom. The van der Waals surface area contributed by atoms with Gasteiger partial charge in [-0.2, -0.15) is 0 Å². The van der Waals surface area contributed by atoms with Crippen LogP contribution in [0.5, 0.6) is 0 Å². The van der Waals surface area contributed by atoms with Gasteiger partial charge >= 0.3 is 0 Å². The van der Waals surface area contributed by atoms with Crippen molar-refractivity contribution in [3.63, 3.8) is 0 Å². The Balaban J connectivity index is 2.26. The molecule has 0 atom stereocenters. The highest BCUT2D eigenvalue weighted by atomic mass is 19.1. The molecule has 0 bridgehead atoms. The molecule has 0 unspecified atom stereocenters. The molecule has 6 heteroatoms. The summed E-state index contributed by atoms with van der Waals surface area (Å²) in [7, 11) is 1.61. The largest absolute Gasteiger partial charge is 0.323 e. The van der Waals surface area contributed by atoms with Crippen LogP contribution in [-0.2, 0) is 4.79 Å². The lowest BCUT2D eigenvalue weighted by Gasteiger charge is -2.17. The van der Waals surface area contributed by atoms with E-state index in [0.717, 1.165) is 0 Å². The quantitative estimate of drug-likeness (QED) is 0.943. The van der Waals surface area contributed by atoms with Crippen molar-refractivity contribution in [1.29, 1.82) is 0 Å². The van der Waals surface area contributed by atoms with E-state index in [0.29, 0.717) is 5.69 Å². The predicted molar refractivity (Wildman–Crippen MR) is 86.8 cm³/mol. The number of carbonyl (C=O) groups is 2. The fourth-order valence-electron chi connectivity index (χ4n) is 1.89. The molecule has 0 aliphatic carbocycles. The third kappa shape index (κ3) is 3.91. The van der Waals surface area contributed by atoms with E-state index in [2.05, 4.69) is 10.3 Å². The second-order valence-electron chi connectivity index (χ2n) is 5.41. The monoisotopic (exact) mass is 315 g/mol. The van der Waals surface area contributed by atoms with Gasteiger partial charge in [0.15, 0.2) is 0 Å². The van der Waals surface area contributed by atoms with E-state index in [9.17, 15) is 14.0 Å². The highest BCUT2D eigenvalue weighted by Crippen LogP contribution is 2.20. The zero-order valence-corrected chi connectivity index (χ0v) is 13.2. The summed E-state index contributed by atoms with van der Waals surface area (Å²) in [4.78, 5) is 29.6. The van der Waals surface area contributed by atoms with Crippen LogP contribution in [0.15, 0.2) is 42.7 Å². The van der Waals surface area contributed by atoms with Crippen LogP contribution in [-0.4, -0.2) is 23.8 Å². The summed E-state index contributed by atoms with van der Waals surface area (Å²) in [5.74, 6) is -1.50. The van der Waals surface area contributed by atoms with E-state index in [1.807, 2.05) is 0 Å². The molecule has 0 aliphatic rings. The molecule has 0 spiro atoms. The van der Waals surface area contributed by atoms with Gasteiger partial charge in [-0.1, -0.05) is 13.8 Å². The molecule has 0 aliphatic heterocycles. The van der Waals surface area contributed by atoms with Gasteiger partial charge in [-0.15, -0.1) is 0 Å². The van der Waals surface area contributed by atoms with Crippen LogP contribution in [0.2, 0.25) is 0 Å². The number of benzene rings is 1. The third-order valence-electron chi connectivity index (χ3n) is 3.33. The van der Waals surface area contributed by atoms with Gasteiger partial charge in [0.05, 0.1) is 17.6 Å². The number of rotatable bonds is 4. The fraction of sp³-hybridized carbons (Fsp3) is 0.235. The third-order valence-corrected chi connectivity index (χ3v) is 3.33. The molecule has 2 rings (SSSR count). The van der Waals surface area contributed by atoms with Gasteiger partial charge in [-0.05, 0) is 30.3 Å². The molecule has 1 aromatic carbocycles. The van der Waals surface area contributed by atoms with Gasteiger partial charge in [0, 0.05) is 24.7 Å². The molecule has 2 amide bonds. The first-order valence-corrected chi connectivity index (χ1v) is 7.18. The van der Waals surface area contributed by atoms with Crippen molar-refractivity contribution in [2.24, 2.45) is 5.92 Å². The minimum atomic E-state index is -0.584. The Hall–Kier alpha value is -2.76. The van der Waals surface area contributed by atoms with Crippen molar-refractivity contribution in [3.05, 3.63) is 54.1 Å². The zero-order chi connectivity index (χ0) is 17.0. The van der Waals surface area contributed by atoms with Crippen LogP contribution in [0.1, 0.15) is 24.2 Å². The summed E-state index contributed by atoms with van der Waals surface area (Å²) in [6.45, 7) is 3.41. The maximum absolute atomic E-state index is 13.8. The first kappa shape index (κ1) is 16.6. The Bertz CT molecular complexity index is 717. The highest BCUT2D eigenvalue weighted by molar-refractivity contribution is 6.06. The van der Waals surface area contributed by atoms with E-state index in [1.165, 1.54) is 23.1 Å². The summed E-state index contributed by atoms with van der Waals surface area (Å²) >= 11 is 0. The second kappa shape index (κ2) is 7.00. The van der Waals surface area contributed by atoms with Crippen LogP contribution in [0.3, 0.4) is 0 Å². The van der Waals surface area contributed by atoms with Crippen LogP contribution < -0.4 is 10.2 Å². The lowest BCUT2D eigenvalue weighted by Crippen LogP contribution is -2.26. The van der Waals surface area contributed by atoms with Gasteiger partial charge in [0.25, 0.3) is 5.91 Å². The van der Waals surface area contributed by atoms with E-state index >= 15 is 0 Å². The van der Waals surface area contributed by atoms with Crippen molar-refractivity contribution in [1.82, 2.24) is 4.98 Å². The van der Waals surface area contributed by atoms with Crippen LogP contribution >= 0.6 is 0 Å². The van der Waals surface area contributed by atoms with Crippen LogP contribution in [0, 0.1) is 11.7 Å². The summed E-state index contributed by atoms with van der Waals surface area (Å²) < 4.78 is 13.8. The molecule has 1 aromatic heterocycles. The first-order chi connectivity index (χ1) is 10.9. The molecule has 5 nitrogen and oxygen atoms in total. The molecule has 1 heterocycles. The normalized spacial score (nSPS) is 10.5. The van der Waals surface area contributed by atoms with Crippen molar-refractivity contribution in [2.45, 2.75) is 13.8 Å². The Morgan fingerprint density at radius 2 is 2.00 bits per heavy atom. The highest BCUT2D eigenvalue weighted by Gasteiger charge is 2.17. The van der Waals surface area contributed by atoms with Gasteiger partial charge in [0.1, 0.15) is 5.82 Å². The predicted octanol–water partition coefficient (Wildman–Crippen LogP) is 3.09. The van der Waals surface area contributed by atoms with Crippen molar-refractivity contribution >= 4 is 23.2 Å². The lowest BCUT2D eigenvalue weighted by molar-refractivity contribution is -0.118. The molecule has 0 saturated heterocycles. The minimum absolute atomic E-state index is 0.00543. The van der Waals surface area contributed by atoms with E-state index in [4.69, 9.17) is 0 Å². The summed E-state index contributed by atoms with van der Waals surface area (Å²) in [5.41, 5.74) is 0.889. The smallest absolute Gasteiger partial charge is 0.258 e. The summed E-state index contributed by atoms with van der Waals surface area (Å²) in [6, 6.07) is 7.36. The number of pyridine rings is 1. The number of nitrogens with zero attached hydrogens (tertiary/aromatic N) is 2. The molecule has 2 aromatic rings. The molecule has 120 valence electrons. The number of aromatic nitrogens is 1. The fourth-order valence-corrected chi connectivity index (χ4v) is 1.89. The first-order valence-electron chi connectivity index (χ1n) is 7.18. The second-order valence-corrected chi connectivity index (χ2v) is 5.41.